The number of hydrogen-bond donors (Lipinski definition) is 2. The molecular formula is C24H32NO2+. The fraction of sp³-hybridized carbons (Fsp3) is 0.417. The lowest BCUT2D eigenvalue weighted by Gasteiger charge is -2.23. The number of ether oxygens (including phenoxy) is 1. The third-order valence-electron chi connectivity index (χ3n) is 5.16. The summed E-state index contributed by atoms with van der Waals surface area (Å²) in [5, 5.41) is 10.5. The molecule has 144 valence electrons. The maximum atomic E-state index is 10.5. The van der Waals surface area contributed by atoms with Crippen molar-refractivity contribution in [1.82, 2.24) is 0 Å². The van der Waals surface area contributed by atoms with Crippen molar-refractivity contribution in [3.8, 4) is 0 Å². The van der Waals surface area contributed by atoms with Crippen LogP contribution in [0.4, 0.5) is 0 Å². The van der Waals surface area contributed by atoms with Gasteiger partial charge in [-0.25, -0.2) is 0 Å². The fourth-order valence-corrected chi connectivity index (χ4v) is 3.75. The topological polar surface area (TPSA) is 33.9 Å². The van der Waals surface area contributed by atoms with E-state index in [2.05, 4.69) is 60.7 Å². The van der Waals surface area contributed by atoms with E-state index in [-0.39, 0.29) is 0 Å². The Balaban J connectivity index is 1.50. The quantitative estimate of drug-likeness (QED) is 0.634. The fourth-order valence-electron chi connectivity index (χ4n) is 3.75. The summed E-state index contributed by atoms with van der Waals surface area (Å²) in [6, 6.07) is 21.0. The van der Waals surface area contributed by atoms with Gasteiger partial charge in [-0.1, -0.05) is 72.8 Å². The summed E-state index contributed by atoms with van der Waals surface area (Å²) in [5.41, 5.74) is 2.59. The van der Waals surface area contributed by atoms with Crippen LogP contribution < -0.4 is 4.90 Å². The van der Waals surface area contributed by atoms with E-state index in [0.717, 1.165) is 32.5 Å². The zero-order chi connectivity index (χ0) is 18.7. The summed E-state index contributed by atoms with van der Waals surface area (Å²) in [7, 11) is 0. The minimum Gasteiger partial charge on any atom is -0.385 e. The van der Waals surface area contributed by atoms with E-state index in [0.29, 0.717) is 19.1 Å². The molecular weight excluding hydrogens is 334 g/mol. The summed E-state index contributed by atoms with van der Waals surface area (Å²) in [6.45, 7) is 3.68. The van der Waals surface area contributed by atoms with Gasteiger partial charge in [0, 0.05) is 17.7 Å². The number of nitrogens with one attached hydrogen (secondary N) is 1. The van der Waals surface area contributed by atoms with Crippen LogP contribution in [0.1, 0.15) is 30.4 Å². The molecule has 3 nitrogen and oxygen atoms in total. The van der Waals surface area contributed by atoms with Crippen molar-refractivity contribution in [3.05, 3.63) is 83.9 Å². The molecule has 2 atom stereocenters. The molecule has 3 rings (SSSR count). The Morgan fingerprint density at radius 3 is 2.11 bits per heavy atom. The van der Waals surface area contributed by atoms with Gasteiger partial charge in [0.15, 0.2) is 0 Å². The normalized spacial score (nSPS) is 17.9. The lowest BCUT2D eigenvalue weighted by Crippen LogP contribution is -3.10. The molecule has 2 aromatic rings. The molecule has 0 amide bonds. The Kier molecular flexibility index (Phi) is 8.09. The predicted octanol–water partition coefficient (Wildman–Crippen LogP) is 3.01. The highest BCUT2D eigenvalue weighted by molar-refractivity contribution is 5.14. The van der Waals surface area contributed by atoms with Crippen LogP contribution in [0, 0.1) is 5.92 Å². The maximum absolute atomic E-state index is 10.5. The molecule has 2 aromatic carbocycles. The highest BCUT2D eigenvalue weighted by Crippen LogP contribution is 2.18. The first-order valence-corrected chi connectivity index (χ1v) is 10.1. The minimum absolute atomic E-state index is 0.424. The standard InChI is InChI=1S/C24H31NO2/c26-24(20-27-19-23-14-8-3-9-15-23)18-25(16-21-10-4-1-5-11-21)17-22-12-6-2-7-13-22/h1-8,10-13,23-24,26H,9,14-20H2/p+1/t23-,24+/m1/s1. The van der Waals surface area contributed by atoms with Crippen LogP contribution >= 0.6 is 0 Å². The second kappa shape index (κ2) is 11.0. The van der Waals surface area contributed by atoms with E-state index in [1.165, 1.54) is 22.4 Å². The van der Waals surface area contributed by atoms with E-state index in [4.69, 9.17) is 4.74 Å². The van der Waals surface area contributed by atoms with Gasteiger partial charge in [0.2, 0.25) is 0 Å². The van der Waals surface area contributed by atoms with Gasteiger partial charge in [-0.05, 0) is 25.2 Å². The molecule has 3 heteroatoms. The highest BCUT2D eigenvalue weighted by Gasteiger charge is 2.18. The van der Waals surface area contributed by atoms with Crippen LogP contribution in [-0.4, -0.2) is 31.0 Å². The van der Waals surface area contributed by atoms with Gasteiger partial charge in [0.05, 0.1) is 6.61 Å². The Morgan fingerprint density at radius 1 is 0.926 bits per heavy atom. The van der Waals surface area contributed by atoms with E-state index in [1.54, 1.807) is 0 Å². The lowest BCUT2D eigenvalue weighted by molar-refractivity contribution is -0.930. The molecule has 0 bridgehead atoms. The smallest absolute Gasteiger partial charge is 0.126 e. The second-order valence-corrected chi connectivity index (χ2v) is 7.62. The van der Waals surface area contributed by atoms with Crippen LogP contribution in [0.15, 0.2) is 72.8 Å². The first kappa shape index (κ1) is 19.8. The average Bonchev–Trinajstić information content (AvgIpc) is 2.70. The zero-order valence-corrected chi connectivity index (χ0v) is 16.1. The Labute approximate surface area is 163 Å². The van der Waals surface area contributed by atoms with Crippen molar-refractivity contribution in [2.45, 2.75) is 38.5 Å². The van der Waals surface area contributed by atoms with E-state index in [1.807, 2.05) is 12.1 Å². The number of aliphatic hydroxyl groups excluding tert-OH is 1. The van der Waals surface area contributed by atoms with Gasteiger partial charge in [0.1, 0.15) is 25.7 Å². The molecule has 1 aliphatic rings. The van der Waals surface area contributed by atoms with Crippen molar-refractivity contribution in [2.24, 2.45) is 5.92 Å². The van der Waals surface area contributed by atoms with Crippen molar-refractivity contribution in [3.63, 3.8) is 0 Å². The molecule has 0 fully saturated rings. The highest BCUT2D eigenvalue weighted by atomic mass is 16.5. The SMILES string of the molecule is O[C@H](COC[C@@H]1CC=CCC1)C[NH+](Cc1ccccc1)Cc1ccccc1. The molecule has 0 aromatic heterocycles. The monoisotopic (exact) mass is 366 g/mol. The van der Waals surface area contributed by atoms with Crippen molar-refractivity contribution in [2.75, 3.05) is 19.8 Å². The summed E-state index contributed by atoms with van der Waals surface area (Å²) in [4.78, 5) is 1.35. The molecule has 2 N–H and O–H groups in total. The first-order chi connectivity index (χ1) is 13.3. The molecule has 0 unspecified atom stereocenters. The van der Waals surface area contributed by atoms with Crippen molar-refractivity contribution < 1.29 is 14.7 Å². The molecule has 0 spiro atoms. The van der Waals surface area contributed by atoms with Crippen molar-refractivity contribution in [1.29, 1.82) is 0 Å². The Hall–Kier alpha value is -1.94. The molecule has 1 aliphatic carbocycles. The second-order valence-electron chi connectivity index (χ2n) is 7.62. The number of hydrogen-bond acceptors (Lipinski definition) is 2. The van der Waals surface area contributed by atoms with Gasteiger partial charge in [-0.15, -0.1) is 0 Å². The van der Waals surface area contributed by atoms with Crippen LogP contribution in [0.25, 0.3) is 0 Å². The van der Waals surface area contributed by atoms with E-state index < -0.39 is 6.10 Å². The average molecular weight is 367 g/mol. The van der Waals surface area contributed by atoms with Crippen LogP contribution in [0.5, 0.6) is 0 Å². The number of benzene rings is 2. The van der Waals surface area contributed by atoms with E-state index in [9.17, 15) is 5.11 Å². The number of rotatable bonds is 10. The molecule has 27 heavy (non-hydrogen) atoms. The van der Waals surface area contributed by atoms with Gasteiger partial charge in [-0.2, -0.15) is 0 Å². The van der Waals surface area contributed by atoms with Gasteiger partial charge >= 0.3 is 0 Å². The van der Waals surface area contributed by atoms with Crippen LogP contribution in [0.3, 0.4) is 0 Å². The largest absolute Gasteiger partial charge is 0.385 e. The van der Waals surface area contributed by atoms with Crippen LogP contribution in [0.2, 0.25) is 0 Å². The van der Waals surface area contributed by atoms with Gasteiger partial charge in [0.25, 0.3) is 0 Å². The minimum atomic E-state index is -0.438. The molecule has 0 saturated heterocycles. The maximum Gasteiger partial charge on any atom is 0.126 e. The Bertz CT molecular complexity index is 630. The lowest BCUT2D eigenvalue weighted by atomic mass is 9.95. The van der Waals surface area contributed by atoms with E-state index >= 15 is 0 Å². The summed E-state index contributed by atoms with van der Waals surface area (Å²) >= 11 is 0. The summed E-state index contributed by atoms with van der Waals surface area (Å²) < 4.78 is 5.84. The number of allylic oxidation sites excluding steroid dienone is 2. The van der Waals surface area contributed by atoms with Gasteiger partial charge < -0.3 is 14.7 Å². The van der Waals surface area contributed by atoms with Gasteiger partial charge in [-0.3, -0.25) is 0 Å². The molecule has 0 heterocycles. The molecule has 0 aliphatic heterocycles. The molecule has 0 saturated carbocycles. The summed E-state index contributed by atoms with van der Waals surface area (Å²) in [5.74, 6) is 0.610. The van der Waals surface area contributed by atoms with Crippen molar-refractivity contribution >= 4 is 0 Å². The predicted molar refractivity (Wildman–Crippen MR) is 109 cm³/mol. The zero-order valence-electron chi connectivity index (χ0n) is 16.1. The van der Waals surface area contributed by atoms with Crippen LogP contribution in [-0.2, 0) is 17.8 Å². The third kappa shape index (κ3) is 7.30. The number of quaternary nitrogens is 1. The molecule has 0 radical (unpaired) electrons. The Morgan fingerprint density at radius 2 is 1.56 bits per heavy atom. The summed E-state index contributed by atoms with van der Waals surface area (Å²) in [6.07, 6.45) is 7.52. The first-order valence-electron chi connectivity index (χ1n) is 10.1. The number of aliphatic hydroxyl groups is 1. The third-order valence-corrected chi connectivity index (χ3v) is 5.16.